The van der Waals surface area contributed by atoms with Gasteiger partial charge >= 0.3 is 0 Å². The molecule has 98 valence electrons. The van der Waals surface area contributed by atoms with E-state index < -0.39 is 0 Å². The molecule has 0 spiro atoms. The Kier molecular flexibility index (Phi) is 5.73. The third-order valence-electron chi connectivity index (χ3n) is 2.79. The van der Waals surface area contributed by atoms with Gasteiger partial charge in [-0.1, -0.05) is 66.4 Å². The van der Waals surface area contributed by atoms with Crippen LogP contribution in [0, 0.1) is 0 Å². The van der Waals surface area contributed by atoms with E-state index in [0.717, 1.165) is 6.42 Å². The molecule has 0 amide bonds. The summed E-state index contributed by atoms with van der Waals surface area (Å²) in [6, 6.07) is 20.6. The summed E-state index contributed by atoms with van der Waals surface area (Å²) in [5.41, 5.74) is 1.20. The second-order valence-electron chi connectivity index (χ2n) is 4.17. The maximum absolute atomic E-state index is 5.96. The summed E-state index contributed by atoms with van der Waals surface area (Å²) >= 11 is 1.71. The fraction of sp³-hybridized carbons (Fsp3) is 0.176. The number of ether oxygens (including phenoxy) is 1. The zero-order valence-corrected chi connectivity index (χ0v) is 11.7. The van der Waals surface area contributed by atoms with Gasteiger partial charge in [-0.25, -0.2) is 0 Å². The van der Waals surface area contributed by atoms with Crippen LogP contribution < -0.4 is 0 Å². The molecule has 2 heteroatoms. The van der Waals surface area contributed by atoms with E-state index in [2.05, 4.69) is 30.8 Å². The normalized spacial score (nSPS) is 12.0. The molecular formula is C17H18OS. The lowest BCUT2D eigenvalue weighted by atomic mass is 10.1. The molecule has 0 radical (unpaired) electrons. The predicted molar refractivity (Wildman–Crippen MR) is 82.2 cm³/mol. The summed E-state index contributed by atoms with van der Waals surface area (Å²) in [6.45, 7) is 3.81. The number of hydrogen-bond acceptors (Lipinski definition) is 2. The van der Waals surface area contributed by atoms with Gasteiger partial charge in [0, 0.05) is 4.90 Å². The molecule has 0 saturated heterocycles. The average molecular weight is 270 g/mol. The molecule has 2 rings (SSSR count). The maximum atomic E-state index is 5.96. The molecule has 1 unspecified atom stereocenters. The Labute approximate surface area is 119 Å². The Balaban J connectivity index is 1.89. The highest BCUT2D eigenvalue weighted by Crippen LogP contribution is 2.25. The fourth-order valence-corrected chi connectivity index (χ4v) is 2.54. The fourth-order valence-electron chi connectivity index (χ4n) is 1.82. The lowest BCUT2D eigenvalue weighted by Gasteiger charge is -2.16. The molecule has 1 nitrogen and oxygen atoms in total. The van der Waals surface area contributed by atoms with Crippen LogP contribution in [-0.4, -0.2) is 5.94 Å². The Morgan fingerprint density at radius 1 is 1.00 bits per heavy atom. The van der Waals surface area contributed by atoms with Crippen LogP contribution in [-0.2, 0) is 4.74 Å². The van der Waals surface area contributed by atoms with Crippen LogP contribution in [0.1, 0.15) is 18.1 Å². The van der Waals surface area contributed by atoms with Crippen LogP contribution in [0.3, 0.4) is 0 Å². The van der Waals surface area contributed by atoms with Gasteiger partial charge in [0.05, 0.1) is 12.0 Å². The van der Waals surface area contributed by atoms with Crippen molar-refractivity contribution in [3.05, 3.63) is 78.9 Å². The van der Waals surface area contributed by atoms with E-state index in [4.69, 9.17) is 4.74 Å². The Morgan fingerprint density at radius 2 is 1.63 bits per heavy atom. The molecule has 0 aromatic heterocycles. The van der Waals surface area contributed by atoms with Crippen molar-refractivity contribution in [1.29, 1.82) is 0 Å². The van der Waals surface area contributed by atoms with Crippen molar-refractivity contribution in [3.8, 4) is 0 Å². The smallest absolute Gasteiger partial charge is 0.0975 e. The maximum Gasteiger partial charge on any atom is 0.0975 e. The van der Waals surface area contributed by atoms with Crippen molar-refractivity contribution < 1.29 is 4.74 Å². The lowest BCUT2D eigenvalue weighted by molar-refractivity contribution is 0.0930. The molecule has 0 aliphatic heterocycles. The first-order valence-electron chi connectivity index (χ1n) is 6.35. The minimum Gasteiger partial charge on any atom is -0.362 e. The van der Waals surface area contributed by atoms with Gasteiger partial charge < -0.3 is 4.74 Å². The molecule has 2 aromatic carbocycles. The summed E-state index contributed by atoms with van der Waals surface area (Å²) < 4.78 is 5.96. The standard InChI is InChI=1S/C17H18OS/c1-2-9-17(15-10-5-3-6-11-15)18-14-19-16-12-7-4-8-13-16/h2-8,10-13,17H,1,9,14H2. The highest BCUT2D eigenvalue weighted by atomic mass is 32.2. The van der Waals surface area contributed by atoms with E-state index in [9.17, 15) is 0 Å². The molecule has 0 aliphatic carbocycles. The van der Waals surface area contributed by atoms with Crippen LogP contribution in [0.5, 0.6) is 0 Å². The van der Waals surface area contributed by atoms with Gasteiger partial charge in [-0.2, -0.15) is 0 Å². The van der Waals surface area contributed by atoms with E-state index >= 15 is 0 Å². The topological polar surface area (TPSA) is 9.23 Å². The van der Waals surface area contributed by atoms with Gasteiger partial charge in [0.15, 0.2) is 0 Å². The van der Waals surface area contributed by atoms with E-state index in [-0.39, 0.29) is 6.10 Å². The molecule has 19 heavy (non-hydrogen) atoms. The minimum absolute atomic E-state index is 0.0925. The number of rotatable bonds is 7. The zero-order chi connectivity index (χ0) is 13.3. The molecular weight excluding hydrogens is 252 g/mol. The summed E-state index contributed by atoms with van der Waals surface area (Å²) in [6.07, 6.45) is 2.83. The molecule has 0 aliphatic rings. The number of thioether (sulfide) groups is 1. The monoisotopic (exact) mass is 270 g/mol. The van der Waals surface area contributed by atoms with Crippen LogP contribution in [0.4, 0.5) is 0 Å². The molecule has 0 bridgehead atoms. The SMILES string of the molecule is C=CCC(OCSc1ccccc1)c1ccccc1. The second kappa shape index (κ2) is 7.82. The first-order chi connectivity index (χ1) is 9.40. The third kappa shape index (κ3) is 4.58. The second-order valence-corrected chi connectivity index (χ2v) is 5.16. The van der Waals surface area contributed by atoms with Gasteiger partial charge in [0.2, 0.25) is 0 Å². The molecule has 1 atom stereocenters. The van der Waals surface area contributed by atoms with Crippen molar-refractivity contribution in [3.63, 3.8) is 0 Å². The van der Waals surface area contributed by atoms with Gasteiger partial charge in [-0.3, -0.25) is 0 Å². The van der Waals surface area contributed by atoms with Crippen LogP contribution in [0.2, 0.25) is 0 Å². The van der Waals surface area contributed by atoms with Gasteiger partial charge in [0.25, 0.3) is 0 Å². The summed E-state index contributed by atoms with van der Waals surface area (Å²) in [5, 5.41) is 0. The predicted octanol–water partition coefficient (Wildman–Crippen LogP) is 5.07. The Bertz CT molecular complexity index is 481. The first-order valence-corrected chi connectivity index (χ1v) is 7.34. The van der Waals surface area contributed by atoms with Crippen molar-refractivity contribution in [2.45, 2.75) is 17.4 Å². The highest BCUT2D eigenvalue weighted by molar-refractivity contribution is 7.99. The van der Waals surface area contributed by atoms with E-state index in [1.165, 1.54) is 10.5 Å². The van der Waals surface area contributed by atoms with Crippen molar-refractivity contribution in [1.82, 2.24) is 0 Å². The average Bonchev–Trinajstić information content (AvgIpc) is 2.48. The lowest BCUT2D eigenvalue weighted by Crippen LogP contribution is -2.03. The van der Waals surface area contributed by atoms with Gasteiger partial charge in [0.1, 0.15) is 0 Å². The summed E-state index contributed by atoms with van der Waals surface area (Å²) in [4.78, 5) is 1.23. The minimum atomic E-state index is 0.0925. The summed E-state index contributed by atoms with van der Waals surface area (Å²) in [7, 11) is 0. The number of hydrogen-bond donors (Lipinski definition) is 0. The van der Waals surface area contributed by atoms with Crippen molar-refractivity contribution >= 4 is 11.8 Å². The quantitative estimate of drug-likeness (QED) is 0.394. The summed E-state index contributed by atoms with van der Waals surface area (Å²) in [5.74, 6) is 0.650. The van der Waals surface area contributed by atoms with E-state index in [1.54, 1.807) is 11.8 Å². The largest absolute Gasteiger partial charge is 0.362 e. The highest BCUT2D eigenvalue weighted by Gasteiger charge is 2.09. The Hall–Kier alpha value is -1.51. The van der Waals surface area contributed by atoms with Crippen LogP contribution in [0.25, 0.3) is 0 Å². The van der Waals surface area contributed by atoms with E-state index in [0.29, 0.717) is 5.94 Å². The Morgan fingerprint density at radius 3 is 2.26 bits per heavy atom. The molecule has 0 heterocycles. The van der Waals surface area contributed by atoms with E-state index in [1.807, 2.05) is 42.5 Å². The molecule has 0 N–H and O–H groups in total. The molecule has 0 fully saturated rings. The van der Waals surface area contributed by atoms with Crippen molar-refractivity contribution in [2.24, 2.45) is 0 Å². The van der Waals surface area contributed by atoms with Crippen LogP contribution in [0.15, 0.2) is 78.2 Å². The van der Waals surface area contributed by atoms with Gasteiger partial charge in [-0.15, -0.1) is 6.58 Å². The first kappa shape index (κ1) is 13.9. The molecule has 0 saturated carbocycles. The van der Waals surface area contributed by atoms with Gasteiger partial charge in [-0.05, 0) is 24.1 Å². The molecule has 2 aromatic rings. The number of benzene rings is 2. The zero-order valence-electron chi connectivity index (χ0n) is 10.9. The third-order valence-corrected chi connectivity index (χ3v) is 3.65. The van der Waals surface area contributed by atoms with Crippen LogP contribution >= 0.6 is 11.8 Å². The van der Waals surface area contributed by atoms with Crippen molar-refractivity contribution in [2.75, 3.05) is 5.94 Å².